The lowest BCUT2D eigenvalue weighted by atomic mass is 10.2. The number of likely N-dealkylation sites (N-methyl/N-ethyl adjacent to an activating group) is 1. The van der Waals surface area contributed by atoms with Crippen LogP contribution in [0.1, 0.15) is 39.7 Å². The maximum atomic E-state index is 6.39. The second-order valence-electron chi connectivity index (χ2n) is 5.38. The van der Waals surface area contributed by atoms with E-state index in [1.54, 1.807) is 0 Å². The Morgan fingerprint density at radius 3 is 2.35 bits per heavy atom. The molecule has 1 rings (SSSR count). The highest BCUT2D eigenvalue weighted by Crippen LogP contribution is 2.33. The van der Waals surface area contributed by atoms with Gasteiger partial charge in [-0.25, -0.2) is 0 Å². The highest BCUT2D eigenvalue weighted by Gasteiger charge is 2.11. The maximum absolute atomic E-state index is 6.39. The van der Waals surface area contributed by atoms with Crippen LogP contribution in [0.4, 0.5) is 0 Å². The van der Waals surface area contributed by atoms with E-state index in [2.05, 4.69) is 31.0 Å². The molecule has 23 heavy (non-hydrogen) atoms. The molecule has 0 heterocycles. The van der Waals surface area contributed by atoms with Gasteiger partial charge in [0.05, 0.1) is 13.2 Å². The fourth-order valence-electron chi connectivity index (χ4n) is 2.31. The largest absolute Gasteiger partial charge is 0.490 e. The molecule has 1 aromatic rings. The minimum Gasteiger partial charge on any atom is -0.490 e. The van der Waals surface area contributed by atoms with Crippen molar-refractivity contribution in [3.63, 3.8) is 0 Å². The van der Waals surface area contributed by atoms with E-state index in [9.17, 15) is 0 Å². The van der Waals surface area contributed by atoms with Gasteiger partial charge in [-0.15, -0.1) is 0 Å². The average Bonchev–Trinajstić information content (AvgIpc) is 2.56. The number of hydrogen-bond donors (Lipinski definition) is 1. The number of nitrogens with zero attached hydrogens (tertiary/aromatic N) is 1. The van der Waals surface area contributed by atoms with E-state index in [4.69, 9.17) is 21.1 Å². The highest BCUT2D eigenvalue weighted by molar-refractivity contribution is 6.31. The second kappa shape index (κ2) is 11.5. The van der Waals surface area contributed by atoms with Crippen LogP contribution < -0.4 is 14.8 Å². The van der Waals surface area contributed by atoms with Gasteiger partial charge in [0, 0.05) is 30.7 Å². The summed E-state index contributed by atoms with van der Waals surface area (Å²) in [5, 5.41) is 4.17. The molecule has 0 bridgehead atoms. The molecule has 0 saturated carbocycles. The van der Waals surface area contributed by atoms with Gasteiger partial charge in [-0.3, -0.25) is 0 Å². The summed E-state index contributed by atoms with van der Waals surface area (Å²) < 4.78 is 11.4. The lowest BCUT2D eigenvalue weighted by molar-refractivity contribution is 0.276. The second-order valence-corrected chi connectivity index (χ2v) is 5.78. The molecule has 1 N–H and O–H groups in total. The van der Waals surface area contributed by atoms with Crippen LogP contribution in [0.15, 0.2) is 12.1 Å². The Labute approximate surface area is 146 Å². The highest BCUT2D eigenvalue weighted by atomic mass is 35.5. The Morgan fingerprint density at radius 2 is 1.74 bits per heavy atom. The molecular weight excluding hydrogens is 312 g/mol. The van der Waals surface area contributed by atoms with Crippen molar-refractivity contribution in [3.05, 3.63) is 22.7 Å². The van der Waals surface area contributed by atoms with Crippen LogP contribution in [0.5, 0.6) is 11.5 Å². The monoisotopic (exact) mass is 342 g/mol. The van der Waals surface area contributed by atoms with Crippen molar-refractivity contribution in [1.82, 2.24) is 10.2 Å². The number of hydrogen-bond acceptors (Lipinski definition) is 4. The third-order valence-electron chi connectivity index (χ3n) is 3.69. The van der Waals surface area contributed by atoms with Crippen molar-refractivity contribution in [1.29, 1.82) is 0 Å². The zero-order chi connectivity index (χ0) is 17.1. The Bertz CT molecular complexity index is 451. The summed E-state index contributed by atoms with van der Waals surface area (Å²) in [6.07, 6.45) is 0.956. The van der Waals surface area contributed by atoms with Crippen molar-refractivity contribution >= 4 is 11.6 Å². The predicted molar refractivity (Wildman–Crippen MR) is 97.9 cm³/mol. The fraction of sp³-hybridized carbons (Fsp3) is 0.667. The Hall–Kier alpha value is -0.970. The molecule has 132 valence electrons. The third-order valence-corrected chi connectivity index (χ3v) is 4.04. The lowest BCUT2D eigenvalue weighted by Crippen LogP contribution is -2.31. The van der Waals surface area contributed by atoms with Gasteiger partial charge in [-0.05, 0) is 38.1 Å². The van der Waals surface area contributed by atoms with E-state index in [0.29, 0.717) is 13.2 Å². The molecule has 1 aromatic carbocycles. The number of rotatable bonds is 12. The first kappa shape index (κ1) is 20.1. The summed E-state index contributed by atoms with van der Waals surface area (Å²) in [4.78, 5) is 2.39. The maximum Gasteiger partial charge on any atom is 0.162 e. The molecule has 0 radical (unpaired) electrons. The first-order valence-corrected chi connectivity index (χ1v) is 9.05. The van der Waals surface area contributed by atoms with Crippen molar-refractivity contribution in [2.24, 2.45) is 0 Å². The molecule has 0 aliphatic carbocycles. The van der Waals surface area contributed by atoms with Crippen LogP contribution >= 0.6 is 11.6 Å². The van der Waals surface area contributed by atoms with Crippen LogP contribution in [0.25, 0.3) is 0 Å². The van der Waals surface area contributed by atoms with Crippen molar-refractivity contribution < 1.29 is 9.47 Å². The topological polar surface area (TPSA) is 33.7 Å². The van der Waals surface area contributed by atoms with E-state index >= 15 is 0 Å². The molecule has 5 heteroatoms. The molecule has 0 amide bonds. The summed E-state index contributed by atoms with van der Waals surface area (Å²) >= 11 is 6.39. The van der Waals surface area contributed by atoms with E-state index in [0.717, 1.165) is 61.2 Å². The van der Waals surface area contributed by atoms with Crippen LogP contribution in [0, 0.1) is 0 Å². The molecule has 0 aliphatic heterocycles. The van der Waals surface area contributed by atoms with Crippen LogP contribution in [-0.4, -0.2) is 44.3 Å². The van der Waals surface area contributed by atoms with Gasteiger partial charge in [-0.1, -0.05) is 32.4 Å². The van der Waals surface area contributed by atoms with E-state index in [1.165, 1.54) is 0 Å². The van der Waals surface area contributed by atoms with Crippen molar-refractivity contribution in [2.75, 3.05) is 39.4 Å². The molecule has 0 fully saturated rings. The molecule has 4 nitrogen and oxygen atoms in total. The summed E-state index contributed by atoms with van der Waals surface area (Å²) in [6, 6.07) is 3.85. The summed E-state index contributed by atoms with van der Waals surface area (Å²) in [7, 11) is 0. The number of benzene rings is 1. The fourth-order valence-corrected chi connectivity index (χ4v) is 2.53. The molecule has 0 spiro atoms. The third kappa shape index (κ3) is 6.98. The van der Waals surface area contributed by atoms with Crippen LogP contribution in [0.3, 0.4) is 0 Å². The standard InChI is InChI=1S/C18H31ClN2O2/c1-5-11-23-18-13-16(19)15(12-17(18)22-8-4)14-20-9-10-21(6-2)7-3/h12-13,20H,5-11,14H2,1-4H3. The van der Waals surface area contributed by atoms with E-state index in [1.807, 2.05) is 19.1 Å². The summed E-state index contributed by atoms with van der Waals surface area (Å²) in [5.74, 6) is 1.50. The zero-order valence-corrected chi connectivity index (χ0v) is 15.7. The minimum atomic E-state index is 0.610. The minimum absolute atomic E-state index is 0.610. The van der Waals surface area contributed by atoms with E-state index < -0.39 is 0 Å². The Morgan fingerprint density at radius 1 is 1.04 bits per heavy atom. The van der Waals surface area contributed by atoms with Crippen molar-refractivity contribution in [2.45, 2.75) is 40.7 Å². The molecule has 0 atom stereocenters. The number of nitrogens with one attached hydrogen (secondary N) is 1. The first-order chi connectivity index (χ1) is 11.2. The molecule has 0 aliphatic rings. The first-order valence-electron chi connectivity index (χ1n) is 8.67. The molecule has 0 unspecified atom stereocenters. The van der Waals surface area contributed by atoms with Gasteiger partial charge < -0.3 is 19.7 Å². The van der Waals surface area contributed by atoms with Gasteiger partial charge in [0.15, 0.2) is 11.5 Å². The molecular formula is C18H31ClN2O2. The quantitative estimate of drug-likeness (QED) is 0.583. The van der Waals surface area contributed by atoms with Gasteiger partial charge in [0.1, 0.15) is 0 Å². The smallest absolute Gasteiger partial charge is 0.162 e. The Kier molecular flexibility index (Phi) is 10.1. The average molecular weight is 343 g/mol. The number of ether oxygens (including phenoxy) is 2. The lowest BCUT2D eigenvalue weighted by Gasteiger charge is -2.18. The van der Waals surface area contributed by atoms with Crippen LogP contribution in [-0.2, 0) is 6.54 Å². The van der Waals surface area contributed by atoms with Gasteiger partial charge in [-0.2, -0.15) is 0 Å². The van der Waals surface area contributed by atoms with Crippen molar-refractivity contribution in [3.8, 4) is 11.5 Å². The van der Waals surface area contributed by atoms with Gasteiger partial charge >= 0.3 is 0 Å². The SMILES string of the molecule is CCCOc1cc(Cl)c(CNCCN(CC)CC)cc1OCC. The zero-order valence-electron chi connectivity index (χ0n) is 15.0. The van der Waals surface area contributed by atoms with Gasteiger partial charge in [0.25, 0.3) is 0 Å². The van der Waals surface area contributed by atoms with E-state index in [-0.39, 0.29) is 0 Å². The normalized spacial score (nSPS) is 11.0. The predicted octanol–water partition coefficient (Wildman–Crippen LogP) is 3.96. The number of halogens is 1. The van der Waals surface area contributed by atoms with Crippen LogP contribution in [0.2, 0.25) is 5.02 Å². The molecule has 0 aromatic heterocycles. The summed E-state index contributed by atoms with van der Waals surface area (Å²) in [5.41, 5.74) is 1.04. The Balaban J connectivity index is 2.65. The van der Waals surface area contributed by atoms with Gasteiger partial charge in [0.2, 0.25) is 0 Å². The molecule has 0 saturated heterocycles. The summed E-state index contributed by atoms with van der Waals surface area (Å²) in [6.45, 7) is 14.6.